The Bertz CT molecular complexity index is 290. The number of fused-ring (bicyclic) bond motifs is 1. The maximum Gasteiger partial charge on any atom is 0.310 e. The molecule has 110 valence electrons. The summed E-state index contributed by atoms with van der Waals surface area (Å²) in [6.45, 7) is 4.04. The second kappa shape index (κ2) is 7.28. The molecule has 0 heterocycles. The van der Waals surface area contributed by atoms with Gasteiger partial charge in [-0.25, -0.2) is 0 Å². The predicted octanol–water partition coefficient (Wildman–Crippen LogP) is 3.91. The summed E-state index contributed by atoms with van der Waals surface area (Å²) in [6, 6.07) is 0. The molecule has 0 aromatic carbocycles. The molecule has 3 heteroatoms. The summed E-state index contributed by atoms with van der Waals surface area (Å²) in [6.07, 6.45) is 10.3. The summed E-state index contributed by atoms with van der Waals surface area (Å²) >= 11 is 0. The van der Waals surface area contributed by atoms with Crippen LogP contribution in [-0.4, -0.2) is 18.9 Å². The first-order valence-corrected chi connectivity index (χ1v) is 7.99. The number of ether oxygens (including phenoxy) is 2. The van der Waals surface area contributed by atoms with E-state index in [1.165, 1.54) is 38.5 Å². The fourth-order valence-electron chi connectivity index (χ4n) is 3.48. The minimum atomic E-state index is -0.131. The van der Waals surface area contributed by atoms with Crippen molar-refractivity contribution in [1.29, 1.82) is 0 Å². The topological polar surface area (TPSA) is 35.5 Å². The molecule has 0 amide bonds. The van der Waals surface area contributed by atoms with Crippen LogP contribution in [0.2, 0.25) is 0 Å². The van der Waals surface area contributed by atoms with Gasteiger partial charge in [0.1, 0.15) is 0 Å². The Morgan fingerprint density at radius 2 is 1.89 bits per heavy atom. The third-order valence-corrected chi connectivity index (χ3v) is 5.01. The molecule has 0 bridgehead atoms. The second-order valence-electron chi connectivity index (χ2n) is 6.30. The molecule has 2 aliphatic carbocycles. The summed E-state index contributed by atoms with van der Waals surface area (Å²) < 4.78 is 10.9. The van der Waals surface area contributed by atoms with Crippen LogP contribution >= 0.6 is 0 Å². The molecule has 4 unspecified atom stereocenters. The normalized spacial score (nSPS) is 32.4. The van der Waals surface area contributed by atoms with Gasteiger partial charge in [-0.15, -0.1) is 0 Å². The van der Waals surface area contributed by atoms with Gasteiger partial charge in [0, 0.05) is 0 Å². The van der Waals surface area contributed by atoms with Crippen LogP contribution in [0.25, 0.3) is 0 Å². The van der Waals surface area contributed by atoms with E-state index in [2.05, 4.69) is 0 Å². The molecule has 2 fully saturated rings. The highest BCUT2D eigenvalue weighted by atomic mass is 16.7. The van der Waals surface area contributed by atoms with Gasteiger partial charge in [0.05, 0.1) is 12.0 Å². The Morgan fingerprint density at radius 3 is 2.63 bits per heavy atom. The van der Waals surface area contributed by atoms with Crippen LogP contribution in [0, 0.1) is 17.8 Å². The fourth-order valence-corrected chi connectivity index (χ4v) is 3.48. The SMILES string of the molecule is CCC(C)C(=O)OCOC1CCC2CCCCC2C1. The predicted molar refractivity (Wildman–Crippen MR) is 74.6 cm³/mol. The molecule has 2 rings (SSSR count). The fraction of sp³-hybridized carbons (Fsp3) is 0.938. The molecular formula is C16H28O3. The van der Waals surface area contributed by atoms with Crippen LogP contribution in [-0.2, 0) is 14.3 Å². The third kappa shape index (κ3) is 4.20. The number of esters is 1. The highest BCUT2D eigenvalue weighted by molar-refractivity contribution is 5.71. The zero-order chi connectivity index (χ0) is 13.7. The van der Waals surface area contributed by atoms with Gasteiger partial charge in [-0.3, -0.25) is 4.79 Å². The summed E-state index contributed by atoms with van der Waals surface area (Å²) in [4.78, 5) is 11.5. The first-order valence-electron chi connectivity index (χ1n) is 7.99. The van der Waals surface area contributed by atoms with Crippen molar-refractivity contribution in [3.63, 3.8) is 0 Å². The van der Waals surface area contributed by atoms with Crippen molar-refractivity contribution in [2.24, 2.45) is 17.8 Å². The minimum Gasteiger partial charge on any atom is -0.438 e. The van der Waals surface area contributed by atoms with Crippen molar-refractivity contribution < 1.29 is 14.3 Å². The van der Waals surface area contributed by atoms with Gasteiger partial charge in [0.25, 0.3) is 0 Å². The quantitative estimate of drug-likeness (QED) is 0.560. The van der Waals surface area contributed by atoms with Crippen LogP contribution in [0.4, 0.5) is 0 Å². The van der Waals surface area contributed by atoms with Gasteiger partial charge in [0.2, 0.25) is 0 Å². The summed E-state index contributed by atoms with van der Waals surface area (Å²) in [5.41, 5.74) is 0. The summed E-state index contributed by atoms with van der Waals surface area (Å²) in [5.74, 6) is 1.65. The molecule has 0 spiro atoms. The maximum absolute atomic E-state index is 11.5. The third-order valence-electron chi connectivity index (χ3n) is 5.01. The van der Waals surface area contributed by atoms with Crippen molar-refractivity contribution >= 4 is 5.97 Å². The highest BCUT2D eigenvalue weighted by Gasteiger charge is 2.32. The van der Waals surface area contributed by atoms with Crippen molar-refractivity contribution in [2.75, 3.05) is 6.79 Å². The first kappa shape index (κ1) is 14.8. The van der Waals surface area contributed by atoms with Gasteiger partial charge in [-0.05, 0) is 37.5 Å². The van der Waals surface area contributed by atoms with Crippen LogP contribution in [0.1, 0.15) is 65.2 Å². The Hall–Kier alpha value is -0.570. The smallest absolute Gasteiger partial charge is 0.310 e. The van der Waals surface area contributed by atoms with E-state index in [4.69, 9.17) is 9.47 Å². The molecule has 0 aromatic rings. The lowest BCUT2D eigenvalue weighted by molar-refractivity contribution is -0.168. The lowest BCUT2D eigenvalue weighted by atomic mass is 9.70. The molecular weight excluding hydrogens is 240 g/mol. The lowest BCUT2D eigenvalue weighted by Crippen LogP contribution is -2.32. The Balaban J connectivity index is 1.65. The van der Waals surface area contributed by atoms with Crippen molar-refractivity contribution in [3.8, 4) is 0 Å². The molecule has 2 saturated carbocycles. The van der Waals surface area contributed by atoms with E-state index in [0.29, 0.717) is 6.10 Å². The Kier molecular flexibility index (Phi) is 5.68. The van der Waals surface area contributed by atoms with Gasteiger partial charge >= 0.3 is 5.97 Å². The highest BCUT2D eigenvalue weighted by Crippen LogP contribution is 2.41. The van der Waals surface area contributed by atoms with E-state index in [1.54, 1.807) is 0 Å². The van der Waals surface area contributed by atoms with E-state index in [1.807, 2.05) is 13.8 Å². The molecule has 0 N–H and O–H groups in total. The van der Waals surface area contributed by atoms with E-state index >= 15 is 0 Å². The van der Waals surface area contributed by atoms with Crippen LogP contribution in [0.15, 0.2) is 0 Å². The van der Waals surface area contributed by atoms with Crippen molar-refractivity contribution in [2.45, 2.75) is 71.3 Å². The van der Waals surface area contributed by atoms with Gasteiger partial charge in [-0.2, -0.15) is 0 Å². The molecule has 0 saturated heterocycles. The zero-order valence-electron chi connectivity index (χ0n) is 12.4. The minimum absolute atomic E-state index is 0.0160. The van der Waals surface area contributed by atoms with E-state index in [-0.39, 0.29) is 18.7 Å². The lowest BCUT2D eigenvalue weighted by Gasteiger charge is -2.39. The molecule has 2 aliphatic rings. The largest absolute Gasteiger partial charge is 0.438 e. The second-order valence-corrected chi connectivity index (χ2v) is 6.30. The number of hydrogen-bond acceptors (Lipinski definition) is 3. The molecule has 0 radical (unpaired) electrons. The molecule has 0 aromatic heterocycles. The molecule has 4 atom stereocenters. The first-order chi connectivity index (χ1) is 9.20. The zero-order valence-corrected chi connectivity index (χ0v) is 12.4. The van der Waals surface area contributed by atoms with E-state index in [0.717, 1.165) is 24.7 Å². The summed E-state index contributed by atoms with van der Waals surface area (Å²) in [7, 11) is 0. The van der Waals surface area contributed by atoms with Crippen molar-refractivity contribution in [1.82, 2.24) is 0 Å². The van der Waals surface area contributed by atoms with E-state index in [9.17, 15) is 4.79 Å². The van der Waals surface area contributed by atoms with Crippen LogP contribution < -0.4 is 0 Å². The Morgan fingerprint density at radius 1 is 1.16 bits per heavy atom. The van der Waals surface area contributed by atoms with Gasteiger partial charge < -0.3 is 9.47 Å². The van der Waals surface area contributed by atoms with Crippen LogP contribution in [0.3, 0.4) is 0 Å². The van der Waals surface area contributed by atoms with Gasteiger partial charge in [0.15, 0.2) is 6.79 Å². The average molecular weight is 268 g/mol. The number of carbonyl (C=O) groups is 1. The monoisotopic (exact) mass is 268 g/mol. The summed E-state index contributed by atoms with van der Waals surface area (Å²) in [5, 5.41) is 0. The molecule has 19 heavy (non-hydrogen) atoms. The molecule has 3 nitrogen and oxygen atoms in total. The Labute approximate surface area is 117 Å². The van der Waals surface area contributed by atoms with Crippen molar-refractivity contribution in [3.05, 3.63) is 0 Å². The van der Waals surface area contributed by atoms with Gasteiger partial charge in [-0.1, -0.05) is 39.5 Å². The van der Waals surface area contributed by atoms with E-state index < -0.39 is 0 Å². The molecule has 0 aliphatic heterocycles. The number of hydrogen-bond donors (Lipinski definition) is 0. The maximum atomic E-state index is 11.5. The average Bonchev–Trinajstić information content (AvgIpc) is 2.46. The number of rotatable bonds is 5. The van der Waals surface area contributed by atoms with Crippen LogP contribution in [0.5, 0.6) is 0 Å². The number of carbonyl (C=O) groups excluding carboxylic acids is 1. The standard InChI is InChI=1S/C16H28O3/c1-3-12(2)16(17)19-11-18-15-9-8-13-6-4-5-7-14(13)10-15/h12-15H,3-11H2,1-2H3.